The molecule has 0 fully saturated rings. The number of aliphatic hydroxyl groups excluding tert-OH is 1. The Hall–Kier alpha value is -0.670. The summed E-state index contributed by atoms with van der Waals surface area (Å²) in [5, 5.41) is 9.15. The SMILES string of the molecule is C/C(=C/C(C)O)c1ccc(F)c(Br)c1. The summed E-state index contributed by atoms with van der Waals surface area (Å²) in [6.45, 7) is 3.56. The Bertz CT molecular complexity index is 358. The Morgan fingerprint density at radius 3 is 2.71 bits per heavy atom. The van der Waals surface area contributed by atoms with E-state index in [2.05, 4.69) is 15.9 Å². The fourth-order valence-electron chi connectivity index (χ4n) is 1.20. The van der Waals surface area contributed by atoms with Gasteiger partial charge in [0.05, 0.1) is 10.6 Å². The maximum absolute atomic E-state index is 12.9. The summed E-state index contributed by atoms with van der Waals surface area (Å²) in [4.78, 5) is 0. The van der Waals surface area contributed by atoms with Gasteiger partial charge in [0, 0.05) is 0 Å². The largest absolute Gasteiger partial charge is 0.389 e. The fourth-order valence-corrected chi connectivity index (χ4v) is 1.58. The highest BCUT2D eigenvalue weighted by Gasteiger charge is 2.02. The molecule has 1 rings (SSSR count). The maximum atomic E-state index is 12.9. The molecule has 0 radical (unpaired) electrons. The zero-order chi connectivity index (χ0) is 10.7. The monoisotopic (exact) mass is 258 g/mol. The second-order valence-corrected chi connectivity index (χ2v) is 4.07. The Morgan fingerprint density at radius 2 is 2.21 bits per heavy atom. The van der Waals surface area contributed by atoms with Gasteiger partial charge < -0.3 is 5.11 Å². The molecule has 14 heavy (non-hydrogen) atoms. The summed E-state index contributed by atoms with van der Waals surface area (Å²) in [6.07, 6.45) is 1.23. The first kappa shape index (κ1) is 11.4. The molecule has 1 aromatic rings. The van der Waals surface area contributed by atoms with Gasteiger partial charge in [-0.3, -0.25) is 0 Å². The van der Waals surface area contributed by atoms with Crippen LogP contribution < -0.4 is 0 Å². The highest BCUT2D eigenvalue weighted by Crippen LogP contribution is 2.22. The second-order valence-electron chi connectivity index (χ2n) is 3.22. The van der Waals surface area contributed by atoms with Crippen molar-refractivity contribution >= 4 is 21.5 Å². The van der Waals surface area contributed by atoms with Crippen LogP contribution in [0.15, 0.2) is 28.7 Å². The normalized spacial score (nSPS) is 14.2. The lowest BCUT2D eigenvalue weighted by molar-refractivity contribution is 0.244. The number of rotatable bonds is 2. The lowest BCUT2D eigenvalue weighted by atomic mass is 10.1. The van der Waals surface area contributed by atoms with Crippen molar-refractivity contribution in [3.05, 3.63) is 40.1 Å². The van der Waals surface area contributed by atoms with Crippen molar-refractivity contribution in [2.45, 2.75) is 20.0 Å². The van der Waals surface area contributed by atoms with E-state index in [1.807, 2.05) is 6.92 Å². The highest BCUT2D eigenvalue weighted by molar-refractivity contribution is 9.10. The molecule has 3 heteroatoms. The van der Waals surface area contributed by atoms with Crippen molar-refractivity contribution in [2.75, 3.05) is 0 Å². The van der Waals surface area contributed by atoms with E-state index < -0.39 is 6.10 Å². The van der Waals surface area contributed by atoms with Crippen molar-refractivity contribution in [2.24, 2.45) is 0 Å². The second kappa shape index (κ2) is 4.71. The minimum Gasteiger partial charge on any atom is -0.389 e. The molecule has 1 N–H and O–H groups in total. The molecule has 0 aliphatic rings. The summed E-state index contributed by atoms with van der Waals surface area (Å²) in [5.41, 5.74) is 1.83. The lowest BCUT2D eigenvalue weighted by Gasteiger charge is -2.04. The minimum absolute atomic E-state index is 0.279. The Morgan fingerprint density at radius 1 is 1.57 bits per heavy atom. The quantitative estimate of drug-likeness (QED) is 0.863. The van der Waals surface area contributed by atoms with Crippen molar-refractivity contribution in [3.8, 4) is 0 Å². The Balaban J connectivity index is 3.03. The number of hydrogen-bond acceptors (Lipinski definition) is 1. The van der Waals surface area contributed by atoms with E-state index in [0.29, 0.717) is 4.47 Å². The molecule has 0 saturated carbocycles. The van der Waals surface area contributed by atoms with Crippen LogP contribution in [0.1, 0.15) is 19.4 Å². The van der Waals surface area contributed by atoms with Crippen molar-refractivity contribution in [1.29, 1.82) is 0 Å². The van der Waals surface area contributed by atoms with Crippen LogP contribution in [-0.4, -0.2) is 11.2 Å². The molecule has 76 valence electrons. The molecule has 1 atom stereocenters. The summed E-state index contributed by atoms with van der Waals surface area (Å²) in [7, 11) is 0. The van der Waals surface area contributed by atoms with Gasteiger partial charge >= 0.3 is 0 Å². The van der Waals surface area contributed by atoms with Crippen LogP contribution in [-0.2, 0) is 0 Å². The summed E-state index contributed by atoms with van der Waals surface area (Å²) >= 11 is 3.12. The molecule has 0 saturated heterocycles. The van der Waals surface area contributed by atoms with E-state index in [1.165, 1.54) is 6.07 Å². The molecule has 0 bridgehead atoms. The van der Waals surface area contributed by atoms with Crippen molar-refractivity contribution in [1.82, 2.24) is 0 Å². The summed E-state index contributed by atoms with van der Waals surface area (Å²) in [5.74, 6) is -0.279. The highest BCUT2D eigenvalue weighted by atomic mass is 79.9. The molecule has 1 nitrogen and oxygen atoms in total. The number of hydrogen-bond donors (Lipinski definition) is 1. The van der Waals surface area contributed by atoms with E-state index in [-0.39, 0.29) is 5.82 Å². The number of halogens is 2. The topological polar surface area (TPSA) is 20.2 Å². The van der Waals surface area contributed by atoms with Crippen LogP contribution in [0.5, 0.6) is 0 Å². The number of allylic oxidation sites excluding steroid dienone is 1. The van der Waals surface area contributed by atoms with Crippen LogP contribution in [0, 0.1) is 5.82 Å². The first-order valence-electron chi connectivity index (χ1n) is 4.32. The fraction of sp³-hybridized carbons (Fsp3) is 0.273. The first-order valence-corrected chi connectivity index (χ1v) is 5.12. The third-order valence-corrected chi connectivity index (χ3v) is 2.47. The third kappa shape index (κ3) is 2.93. The van der Waals surface area contributed by atoms with Gasteiger partial charge in [-0.1, -0.05) is 12.1 Å². The standard InChI is InChI=1S/C11H12BrFO/c1-7(5-8(2)14)9-3-4-11(13)10(12)6-9/h3-6,8,14H,1-2H3/b7-5-. The van der Waals surface area contributed by atoms with Gasteiger partial charge in [0.1, 0.15) is 5.82 Å². The molecule has 1 unspecified atom stereocenters. The molecule has 0 heterocycles. The van der Waals surface area contributed by atoms with Gasteiger partial charge in [0.25, 0.3) is 0 Å². The first-order chi connectivity index (χ1) is 6.50. The maximum Gasteiger partial charge on any atom is 0.137 e. The summed E-state index contributed by atoms with van der Waals surface area (Å²) in [6, 6.07) is 4.79. The predicted molar refractivity (Wildman–Crippen MR) is 59.4 cm³/mol. The molecule has 0 amide bonds. The van der Waals surface area contributed by atoms with Gasteiger partial charge in [-0.15, -0.1) is 0 Å². The van der Waals surface area contributed by atoms with Crippen molar-refractivity contribution in [3.63, 3.8) is 0 Å². The van der Waals surface area contributed by atoms with Gasteiger partial charge in [0.2, 0.25) is 0 Å². The van der Waals surface area contributed by atoms with Gasteiger partial charge in [-0.25, -0.2) is 4.39 Å². The molecule has 0 spiro atoms. The molecule has 0 aromatic heterocycles. The van der Waals surface area contributed by atoms with Crippen LogP contribution in [0.4, 0.5) is 4.39 Å². The minimum atomic E-state index is -0.487. The average molecular weight is 259 g/mol. The number of aliphatic hydroxyl groups is 1. The van der Waals surface area contributed by atoms with Crippen LogP contribution in [0.2, 0.25) is 0 Å². The van der Waals surface area contributed by atoms with Gasteiger partial charge in [-0.05, 0) is 53.0 Å². The van der Waals surface area contributed by atoms with Gasteiger partial charge in [0.15, 0.2) is 0 Å². The zero-order valence-corrected chi connectivity index (χ0v) is 9.68. The van der Waals surface area contributed by atoms with Crippen molar-refractivity contribution < 1.29 is 9.50 Å². The molecule has 1 aromatic carbocycles. The van der Waals surface area contributed by atoms with Crippen LogP contribution >= 0.6 is 15.9 Å². The third-order valence-electron chi connectivity index (χ3n) is 1.87. The van der Waals surface area contributed by atoms with E-state index in [1.54, 1.807) is 25.1 Å². The Kier molecular flexibility index (Phi) is 3.84. The van der Waals surface area contributed by atoms with Crippen LogP contribution in [0.25, 0.3) is 5.57 Å². The van der Waals surface area contributed by atoms with E-state index >= 15 is 0 Å². The van der Waals surface area contributed by atoms with Crippen LogP contribution in [0.3, 0.4) is 0 Å². The van der Waals surface area contributed by atoms with E-state index in [4.69, 9.17) is 5.11 Å². The predicted octanol–water partition coefficient (Wildman–Crippen LogP) is 3.37. The molecular formula is C11H12BrFO. The Labute approximate surface area is 91.4 Å². The zero-order valence-electron chi connectivity index (χ0n) is 8.09. The average Bonchev–Trinajstić information content (AvgIpc) is 2.08. The molecular weight excluding hydrogens is 247 g/mol. The number of benzene rings is 1. The molecule has 0 aliphatic heterocycles. The van der Waals surface area contributed by atoms with E-state index in [9.17, 15) is 4.39 Å². The lowest BCUT2D eigenvalue weighted by Crippen LogP contribution is -1.94. The molecule has 0 aliphatic carbocycles. The van der Waals surface area contributed by atoms with Gasteiger partial charge in [-0.2, -0.15) is 0 Å². The summed E-state index contributed by atoms with van der Waals surface area (Å²) < 4.78 is 13.3. The van der Waals surface area contributed by atoms with E-state index in [0.717, 1.165) is 11.1 Å². The smallest absolute Gasteiger partial charge is 0.137 e.